The lowest BCUT2D eigenvalue weighted by Crippen LogP contribution is -2.44. The average Bonchev–Trinajstić information content (AvgIpc) is 2.80. The fourth-order valence-electron chi connectivity index (χ4n) is 3.49. The van der Waals surface area contributed by atoms with E-state index < -0.39 is 5.60 Å². The van der Waals surface area contributed by atoms with E-state index >= 15 is 0 Å². The zero-order chi connectivity index (χ0) is 12.8. The van der Waals surface area contributed by atoms with E-state index in [1.54, 1.807) is 0 Å². The molecule has 3 atom stereocenters. The fraction of sp³-hybridized carbons (Fsp3) is 0.625. The topological polar surface area (TPSA) is 23.5 Å². The monoisotopic (exact) mass is 245 g/mol. The minimum absolute atomic E-state index is 0.427. The highest BCUT2D eigenvalue weighted by Gasteiger charge is 2.45. The Bertz CT molecular complexity index is 425. The standard InChI is InChI=1S/C16H23NO/c1-12(2)13-3-5-14(6-4-13)16(18)8-10-17-9-7-15(16)11-17/h3-6,12,15,18H,7-11H2,1-2H3. The highest BCUT2D eigenvalue weighted by atomic mass is 16.3. The number of fused-ring (bicyclic) bond motifs is 2. The SMILES string of the molecule is CC(C)c1ccc(C2(O)CCN3CCC2C3)cc1. The molecule has 1 aromatic rings. The van der Waals surface area contributed by atoms with Gasteiger partial charge in [-0.2, -0.15) is 0 Å². The number of aliphatic hydroxyl groups is 1. The Balaban J connectivity index is 1.88. The number of benzene rings is 1. The van der Waals surface area contributed by atoms with Gasteiger partial charge >= 0.3 is 0 Å². The molecule has 0 amide bonds. The Labute approximate surface area is 110 Å². The summed E-state index contributed by atoms with van der Waals surface area (Å²) >= 11 is 0. The lowest BCUT2D eigenvalue weighted by Gasteiger charge is -2.39. The second kappa shape index (κ2) is 4.36. The van der Waals surface area contributed by atoms with Crippen molar-refractivity contribution in [2.75, 3.05) is 19.6 Å². The molecule has 98 valence electrons. The predicted octanol–water partition coefficient (Wildman–Crippen LogP) is 2.72. The first kappa shape index (κ1) is 12.2. The van der Waals surface area contributed by atoms with Crippen molar-refractivity contribution < 1.29 is 5.11 Å². The fourth-order valence-corrected chi connectivity index (χ4v) is 3.49. The lowest BCUT2D eigenvalue weighted by atomic mass is 9.76. The maximum atomic E-state index is 11.0. The Hall–Kier alpha value is -0.860. The first-order valence-corrected chi connectivity index (χ1v) is 7.15. The molecule has 0 radical (unpaired) electrons. The van der Waals surface area contributed by atoms with Crippen LogP contribution in [0.5, 0.6) is 0 Å². The lowest BCUT2D eigenvalue weighted by molar-refractivity contribution is -0.0502. The largest absolute Gasteiger partial charge is 0.385 e. The van der Waals surface area contributed by atoms with Gasteiger partial charge in [-0.3, -0.25) is 0 Å². The third-order valence-electron chi connectivity index (χ3n) is 4.83. The molecule has 2 heterocycles. The van der Waals surface area contributed by atoms with E-state index in [9.17, 15) is 5.11 Å². The van der Waals surface area contributed by atoms with Gasteiger partial charge in [-0.05, 0) is 36.4 Å². The second-order valence-corrected chi connectivity index (χ2v) is 6.24. The number of hydrogen-bond donors (Lipinski definition) is 1. The summed E-state index contributed by atoms with van der Waals surface area (Å²) in [6.45, 7) is 7.69. The van der Waals surface area contributed by atoms with E-state index in [-0.39, 0.29) is 0 Å². The highest BCUT2D eigenvalue weighted by molar-refractivity contribution is 5.30. The summed E-state index contributed by atoms with van der Waals surface area (Å²) in [6, 6.07) is 8.64. The number of rotatable bonds is 2. The molecule has 0 aromatic heterocycles. The molecule has 0 spiro atoms. The zero-order valence-corrected chi connectivity index (χ0v) is 11.4. The van der Waals surface area contributed by atoms with Crippen molar-refractivity contribution in [3.63, 3.8) is 0 Å². The van der Waals surface area contributed by atoms with Crippen LogP contribution in [-0.2, 0) is 5.60 Å². The number of nitrogens with zero attached hydrogens (tertiary/aromatic N) is 1. The maximum absolute atomic E-state index is 11.0. The predicted molar refractivity (Wildman–Crippen MR) is 73.6 cm³/mol. The molecule has 18 heavy (non-hydrogen) atoms. The Kier molecular flexibility index (Phi) is 2.95. The van der Waals surface area contributed by atoms with E-state index in [0.29, 0.717) is 11.8 Å². The summed E-state index contributed by atoms with van der Waals surface area (Å²) in [5, 5.41) is 11.0. The van der Waals surface area contributed by atoms with Crippen LogP contribution in [0.15, 0.2) is 24.3 Å². The van der Waals surface area contributed by atoms with Crippen LogP contribution in [0.1, 0.15) is 43.7 Å². The van der Waals surface area contributed by atoms with Crippen LogP contribution in [0.25, 0.3) is 0 Å². The molecular formula is C16H23NO. The summed E-state index contributed by atoms with van der Waals surface area (Å²) in [5.41, 5.74) is 1.90. The first-order valence-electron chi connectivity index (χ1n) is 7.15. The van der Waals surface area contributed by atoms with Crippen molar-refractivity contribution in [2.45, 2.75) is 38.2 Å². The van der Waals surface area contributed by atoms with Gasteiger partial charge in [-0.25, -0.2) is 0 Å². The molecule has 1 aromatic carbocycles. The van der Waals surface area contributed by atoms with Crippen LogP contribution in [0.4, 0.5) is 0 Å². The number of piperidine rings is 1. The van der Waals surface area contributed by atoms with Gasteiger partial charge in [-0.1, -0.05) is 38.1 Å². The van der Waals surface area contributed by atoms with Crippen LogP contribution in [0.2, 0.25) is 0 Å². The van der Waals surface area contributed by atoms with E-state index in [2.05, 4.69) is 43.0 Å². The molecule has 2 aliphatic heterocycles. The molecule has 2 aliphatic rings. The summed E-state index contributed by atoms with van der Waals surface area (Å²) in [4.78, 5) is 2.47. The van der Waals surface area contributed by atoms with Crippen molar-refractivity contribution in [3.05, 3.63) is 35.4 Å². The van der Waals surface area contributed by atoms with E-state index in [0.717, 1.165) is 38.0 Å². The molecule has 2 nitrogen and oxygen atoms in total. The summed E-state index contributed by atoms with van der Waals surface area (Å²) < 4.78 is 0. The molecule has 2 fully saturated rings. The molecule has 2 bridgehead atoms. The molecule has 3 unspecified atom stereocenters. The maximum Gasteiger partial charge on any atom is 0.0949 e. The quantitative estimate of drug-likeness (QED) is 0.866. The average molecular weight is 245 g/mol. The van der Waals surface area contributed by atoms with Gasteiger partial charge in [0.25, 0.3) is 0 Å². The molecule has 0 saturated carbocycles. The normalized spacial score (nSPS) is 35.1. The Morgan fingerprint density at radius 3 is 2.61 bits per heavy atom. The van der Waals surface area contributed by atoms with E-state index in [1.165, 1.54) is 5.56 Å². The molecule has 2 heteroatoms. The van der Waals surface area contributed by atoms with Gasteiger partial charge in [0.05, 0.1) is 5.60 Å². The smallest absolute Gasteiger partial charge is 0.0949 e. The van der Waals surface area contributed by atoms with Crippen LogP contribution >= 0.6 is 0 Å². The minimum atomic E-state index is -0.581. The molecule has 2 saturated heterocycles. The molecule has 0 aliphatic carbocycles. The van der Waals surface area contributed by atoms with Gasteiger partial charge in [0, 0.05) is 19.0 Å². The zero-order valence-electron chi connectivity index (χ0n) is 11.4. The van der Waals surface area contributed by atoms with Crippen molar-refractivity contribution in [3.8, 4) is 0 Å². The minimum Gasteiger partial charge on any atom is -0.385 e. The first-order chi connectivity index (χ1) is 8.59. The van der Waals surface area contributed by atoms with Crippen molar-refractivity contribution in [2.24, 2.45) is 5.92 Å². The van der Waals surface area contributed by atoms with Crippen LogP contribution in [0.3, 0.4) is 0 Å². The van der Waals surface area contributed by atoms with Gasteiger partial charge in [0.2, 0.25) is 0 Å². The molecule has 3 rings (SSSR count). The Morgan fingerprint density at radius 1 is 1.22 bits per heavy atom. The van der Waals surface area contributed by atoms with Gasteiger partial charge in [-0.15, -0.1) is 0 Å². The van der Waals surface area contributed by atoms with Crippen LogP contribution < -0.4 is 0 Å². The van der Waals surface area contributed by atoms with Gasteiger partial charge < -0.3 is 10.0 Å². The third kappa shape index (κ3) is 1.88. The molecular weight excluding hydrogens is 222 g/mol. The van der Waals surface area contributed by atoms with E-state index in [4.69, 9.17) is 0 Å². The summed E-state index contributed by atoms with van der Waals surface area (Å²) in [6.07, 6.45) is 2.03. The summed E-state index contributed by atoms with van der Waals surface area (Å²) in [5.74, 6) is 0.984. The van der Waals surface area contributed by atoms with E-state index in [1.807, 2.05) is 0 Å². The highest BCUT2D eigenvalue weighted by Crippen LogP contribution is 2.42. The van der Waals surface area contributed by atoms with Crippen LogP contribution in [-0.4, -0.2) is 29.6 Å². The Morgan fingerprint density at radius 2 is 1.94 bits per heavy atom. The number of hydrogen-bond acceptors (Lipinski definition) is 2. The van der Waals surface area contributed by atoms with Gasteiger partial charge in [0.15, 0.2) is 0 Å². The van der Waals surface area contributed by atoms with Gasteiger partial charge in [0.1, 0.15) is 0 Å². The summed E-state index contributed by atoms with van der Waals surface area (Å²) in [7, 11) is 0. The van der Waals surface area contributed by atoms with Crippen molar-refractivity contribution >= 4 is 0 Å². The third-order valence-corrected chi connectivity index (χ3v) is 4.83. The van der Waals surface area contributed by atoms with Crippen molar-refractivity contribution in [1.82, 2.24) is 4.90 Å². The second-order valence-electron chi connectivity index (χ2n) is 6.24. The van der Waals surface area contributed by atoms with Crippen LogP contribution in [0, 0.1) is 5.92 Å². The molecule has 1 N–H and O–H groups in total. The van der Waals surface area contributed by atoms with Crippen molar-refractivity contribution in [1.29, 1.82) is 0 Å².